The summed E-state index contributed by atoms with van der Waals surface area (Å²) in [4.78, 5) is 11.1. The average Bonchev–Trinajstić information content (AvgIpc) is 2.35. The maximum Gasteiger partial charge on any atom is 0.337 e. The van der Waals surface area contributed by atoms with Crippen LogP contribution in [0.15, 0.2) is 36.4 Å². The molecule has 0 unspecified atom stereocenters. The highest BCUT2D eigenvalue weighted by Gasteiger charge is 2.12. The van der Waals surface area contributed by atoms with Crippen LogP contribution in [-0.4, -0.2) is 11.1 Å². The van der Waals surface area contributed by atoms with E-state index in [-0.39, 0.29) is 22.6 Å². The molecular weight excluding hydrogens is 254 g/mol. The molecule has 19 heavy (non-hydrogen) atoms. The minimum Gasteiger partial charge on any atom is -0.478 e. The number of benzene rings is 2. The molecule has 4 N–H and O–H groups in total. The van der Waals surface area contributed by atoms with E-state index in [9.17, 15) is 13.6 Å². The van der Waals surface area contributed by atoms with E-state index in [4.69, 9.17) is 10.8 Å². The van der Waals surface area contributed by atoms with Crippen molar-refractivity contribution in [2.75, 3.05) is 11.1 Å². The molecule has 0 aromatic heterocycles. The molecule has 0 amide bonds. The van der Waals surface area contributed by atoms with Crippen LogP contribution in [0.3, 0.4) is 0 Å². The van der Waals surface area contributed by atoms with Crippen molar-refractivity contribution in [1.82, 2.24) is 0 Å². The van der Waals surface area contributed by atoms with Crippen molar-refractivity contribution in [3.05, 3.63) is 53.6 Å². The molecule has 0 saturated heterocycles. The molecule has 2 aromatic rings. The first kappa shape index (κ1) is 12.8. The summed E-state index contributed by atoms with van der Waals surface area (Å²) >= 11 is 0. The largest absolute Gasteiger partial charge is 0.478 e. The number of halogens is 2. The Morgan fingerprint density at radius 3 is 2.53 bits per heavy atom. The lowest BCUT2D eigenvalue weighted by atomic mass is 10.1. The van der Waals surface area contributed by atoms with Crippen LogP contribution in [0.4, 0.5) is 25.8 Å². The average molecular weight is 264 g/mol. The highest BCUT2D eigenvalue weighted by Crippen LogP contribution is 2.25. The molecule has 2 aromatic carbocycles. The fourth-order valence-electron chi connectivity index (χ4n) is 1.59. The van der Waals surface area contributed by atoms with Crippen LogP contribution in [0.2, 0.25) is 0 Å². The van der Waals surface area contributed by atoms with E-state index in [1.54, 1.807) is 0 Å². The van der Waals surface area contributed by atoms with Crippen LogP contribution in [0.5, 0.6) is 0 Å². The summed E-state index contributed by atoms with van der Waals surface area (Å²) in [5.41, 5.74) is 5.62. The monoisotopic (exact) mass is 264 g/mol. The number of anilines is 3. The Bertz CT molecular complexity index is 645. The van der Waals surface area contributed by atoms with Gasteiger partial charge in [0, 0.05) is 11.8 Å². The molecule has 2 rings (SSSR count). The summed E-state index contributed by atoms with van der Waals surface area (Å²) in [5, 5.41) is 11.6. The minimum atomic E-state index is -1.22. The first-order valence-corrected chi connectivity index (χ1v) is 5.32. The van der Waals surface area contributed by atoms with Gasteiger partial charge >= 0.3 is 5.97 Å². The van der Waals surface area contributed by atoms with Crippen molar-refractivity contribution in [2.24, 2.45) is 0 Å². The Morgan fingerprint density at radius 1 is 1.11 bits per heavy atom. The van der Waals surface area contributed by atoms with Crippen LogP contribution in [-0.2, 0) is 0 Å². The topological polar surface area (TPSA) is 75.3 Å². The predicted molar refractivity (Wildman–Crippen MR) is 67.5 cm³/mol. The molecule has 98 valence electrons. The quantitative estimate of drug-likeness (QED) is 0.745. The normalized spacial score (nSPS) is 10.2. The number of aromatic carboxylic acids is 1. The summed E-state index contributed by atoms with van der Waals surface area (Å²) in [5.74, 6) is -2.53. The number of hydrogen-bond acceptors (Lipinski definition) is 3. The third-order valence-corrected chi connectivity index (χ3v) is 2.47. The molecule has 0 spiro atoms. The van der Waals surface area contributed by atoms with Gasteiger partial charge in [-0.3, -0.25) is 0 Å². The Labute approximate surface area is 107 Å². The summed E-state index contributed by atoms with van der Waals surface area (Å²) < 4.78 is 26.5. The molecule has 4 nitrogen and oxygen atoms in total. The van der Waals surface area contributed by atoms with Crippen LogP contribution in [0.25, 0.3) is 0 Å². The van der Waals surface area contributed by atoms with Crippen LogP contribution >= 0.6 is 0 Å². The Hall–Kier alpha value is -2.63. The first-order chi connectivity index (χ1) is 8.97. The maximum absolute atomic E-state index is 13.5. The first-order valence-electron chi connectivity index (χ1n) is 5.32. The molecule has 0 heterocycles. The third-order valence-electron chi connectivity index (χ3n) is 2.47. The van der Waals surface area contributed by atoms with E-state index >= 15 is 0 Å². The summed E-state index contributed by atoms with van der Waals surface area (Å²) in [6, 6.07) is 6.96. The lowest BCUT2D eigenvalue weighted by molar-refractivity contribution is 0.0698. The smallest absolute Gasteiger partial charge is 0.337 e. The van der Waals surface area contributed by atoms with E-state index in [2.05, 4.69) is 5.32 Å². The van der Waals surface area contributed by atoms with E-state index in [1.165, 1.54) is 18.2 Å². The van der Waals surface area contributed by atoms with Crippen molar-refractivity contribution in [2.45, 2.75) is 0 Å². The summed E-state index contributed by atoms with van der Waals surface area (Å²) in [7, 11) is 0. The zero-order valence-electron chi connectivity index (χ0n) is 9.65. The third kappa shape index (κ3) is 2.79. The van der Waals surface area contributed by atoms with Crippen molar-refractivity contribution in [1.29, 1.82) is 0 Å². The molecule has 0 atom stereocenters. The summed E-state index contributed by atoms with van der Waals surface area (Å²) in [6.45, 7) is 0. The number of carboxylic acids is 1. The van der Waals surface area contributed by atoms with Gasteiger partial charge in [-0.25, -0.2) is 13.6 Å². The van der Waals surface area contributed by atoms with Crippen molar-refractivity contribution in [3.63, 3.8) is 0 Å². The Kier molecular flexibility index (Phi) is 3.33. The SMILES string of the molecule is Nc1ccc(Nc2cc(F)ccc2F)c(C(=O)O)c1. The lowest BCUT2D eigenvalue weighted by Gasteiger charge is -2.11. The van der Waals surface area contributed by atoms with Gasteiger partial charge in [-0.2, -0.15) is 0 Å². The second kappa shape index (κ2) is 4.93. The van der Waals surface area contributed by atoms with Crippen molar-refractivity contribution >= 4 is 23.0 Å². The molecular formula is C13H10F2N2O2. The molecule has 0 aliphatic rings. The molecule has 6 heteroatoms. The van der Waals surface area contributed by atoms with Gasteiger partial charge in [0.05, 0.1) is 16.9 Å². The highest BCUT2D eigenvalue weighted by atomic mass is 19.1. The lowest BCUT2D eigenvalue weighted by Crippen LogP contribution is -2.05. The van der Waals surface area contributed by atoms with Gasteiger partial charge in [0.1, 0.15) is 11.6 Å². The van der Waals surface area contributed by atoms with Crippen LogP contribution in [0, 0.1) is 11.6 Å². The molecule has 0 radical (unpaired) electrons. The van der Waals surface area contributed by atoms with Crippen molar-refractivity contribution < 1.29 is 18.7 Å². The van der Waals surface area contributed by atoms with Gasteiger partial charge in [-0.15, -0.1) is 0 Å². The molecule has 0 saturated carbocycles. The van der Waals surface area contributed by atoms with Gasteiger partial charge in [0.25, 0.3) is 0 Å². The number of nitrogens with two attached hydrogens (primary N) is 1. The van der Waals surface area contributed by atoms with Gasteiger partial charge < -0.3 is 16.2 Å². The molecule has 0 aliphatic carbocycles. The van der Waals surface area contributed by atoms with E-state index < -0.39 is 17.6 Å². The van der Waals surface area contributed by atoms with Gasteiger partial charge in [0.15, 0.2) is 0 Å². The van der Waals surface area contributed by atoms with Crippen LogP contribution in [0.1, 0.15) is 10.4 Å². The zero-order valence-corrected chi connectivity index (χ0v) is 9.65. The van der Waals surface area contributed by atoms with Gasteiger partial charge in [-0.1, -0.05) is 0 Å². The fraction of sp³-hybridized carbons (Fsp3) is 0. The van der Waals surface area contributed by atoms with E-state index in [0.717, 1.165) is 18.2 Å². The highest BCUT2D eigenvalue weighted by molar-refractivity contribution is 5.96. The second-order valence-electron chi connectivity index (χ2n) is 3.86. The molecule has 0 fully saturated rings. The number of carboxylic acid groups (broad SMARTS) is 1. The van der Waals surface area contributed by atoms with Crippen LogP contribution < -0.4 is 11.1 Å². The zero-order chi connectivity index (χ0) is 14.0. The predicted octanol–water partition coefficient (Wildman–Crippen LogP) is 2.99. The number of nitrogen functional groups attached to an aromatic ring is 1. The van der Waals surface area contributed by atoms with Crippen molar-refractivity contribution in [3.8, 4) is 0 Å². The Morgan fingerprint density at radius 2 is 1.84 bits per heavy atom. The summed E-state index contributed by atoms with van der Waals surface area (Å²) in [6.07, 6.45) is 0. The molecule has 0 aliphatic heterocycles. The standard InChI is InChI=1S/C13H10F2N2O2/c14-7-1-3-10(15)12(5-7)17-11-4-2-8(16)6-9(11)13(18)19/h1-6,17H,16H2,(H,18,19). The van der Waals surface area contributed by atoms with E-state index in [0.29, 0.717) is 0 Å². The number of carbonyl (C=O) groups is 1. The number of hydrogen-bond donors (Lipinski definition) is 3. The number of rotatable bonds is 3. The van der Waals surface area contributed by atoms with E-state index in [1.807, 2.05) is 0 Å². The maximum atomic E-state index is 13.5. The van der Waals surface area contributed by atoms with Gasteiger partial charge in [-0.05, 0) is 30.3 Å². The minimum absolute atomic E-state index is 0.122. The number of nitrogens with one attached hydrogen (secondary N) is 1. The molecule has 0 bridgehead atoms. The second-order valence-corrected chi connectivity index (χ2v) is 3.86. The van der Waals surface area contributed by atoms with Gasteiger partial charge in [0.2, 0.25) is 0 Å². The fourth-order valence-corrected chi connectivity index (χ4v) is 1.59. The Balaban J connectivity index is 2.43.